The van der Waals surface area contributed by atoms with Crippen molar-refractivity contribution >= 4 is 5.97 Å². The van der Waals surface area contributed by atoms with Gasteiger partial charge < -0.3 is 74.0 Å². The third-order valence-corrected chi connectivity index (χ3v) is 8.81. The minimum atomic E-state index is -1.81. The SMILES string of the molecule is COc1ccc(C2CC(O)c3c(c(C)c(OC4OC(CO)C(O)C(O)C4O)c(C)c3OC3OC(COC(C)=O)C(O)C(O)C3O)O2)cc1. The highest BCUT2D eigenvalue weighted by Gasteiger charge is 2.48. The van der Waals surface area contributed by atoms with E-state index in [0.717, 1.165) is 6.92 Å². The molecule has 0 spiro atoms. The van der Waals surface area contributed by atoms with Crippen LogP contribution >= 0.6 is 0 Å². The molecule has 0 bridgehead atoms. The molecule has 2 aromatic carbocycles. The lowest BCUT2D eigenvalue weighted by atomic mass is 9.90. The second kappa shape index (κ2) is 14.7. The van der Waals surface area contributed by atoms with E-state index in [1.54, 1.807) is 31.2 Å². The van der Waals surface area contributed by atoms with Crippen LogP contribution in [0.25, 0.3) is 0 Å². The van der Waals surface area contributed by atoms with Crippen LogP contribution in [-0.4, -0.2) is 129 Å². The summed E-state index contributed by atoms with van der Waals surface area (Å²) in [6, 6.07) is 7.02. The lowest BCUT2D eigenvalue weighted by Crippen LogP contribution is -2.60. The molecule has 266 valence electrons. The number of hydrogen-bond acceptors (Lipinski definition) is 16. The van der Waals surface area contributed by atoms with Crippen molar-refractivity contribution in [2.24, 2.45) is 0 Å². The Morgan fingerprint density at radius 3 is 1.92 bits per heavy atom. The molecule has 5 rings (SSSR count). The predicted octanol–water partition coefficient (Wildman–Crippen LogP) is -1.20. The van der Waals surface area contributed by atoms with Gasteiger partial charge in [0.1, 0.15) is 84.5 Å². The van der Waals surface area contributed by atoms with Gasteiger partial charge >= 0.3 is 5.97 Å². The van der Waals surface area contributed by atoms with Crippen molar-refractivity contribution in [1.29, 1.82) is 0 Å². The molecule has 12 atom stereocenters. The molecule has 0 saturated carbocycles. The van der Waals surface area contributed by atoms with E-state index < -0.39 is 92.8 Å². The molecule has 0 aliphatic carbocycles. The molecule has 12 unspecified atom stereocenters. The quantitative estimate of drug-likeness (QED) is 0.145. The molecule has 0 radical (unpaired) electrons. The van der Waals surface area contributed by atoms with Crippen molar-refractivity contribution in [1.82, 2.24) is 0 Å². The van der Waals surface area contributed by atoms with Gasteiger partial charge in [-0.25, -0.2) is 0 Å². The molecule has 3 aliphatic heterocycles. The Hall–Kier alpha value is -3.29. The van der Waals surface area contributed by atoms with Gasteiger partial charge in [-0.2, -0.15) is 0 Å². The largest absolute Gasteiger partial charge is 0.497 e. The van der Waals surface area contributed by atoms with E-state index in [-0.39, 0.29) is 34.8 Å². The number of rotatable bonds is 9. The summed E-state index contributed by atoms with van der Waals surface area (Å²) < 4.78 is 40.1. The third kappa shape index (κ3) is 6.91. The van der Waals surface area contributed by atoms with Gasteiger partial charge in [0, 0.05) is 24.5 Å². The number of benzene rings is 2. The lowest BCUT2D eigenvalue weighted by Gasteiger charge is -2.42. The molecule has 3 aliphatic rings. The average Bonchev–Trinajstić information content (AvgIpc) is 3.07. The Morgan fingerprint density at radius 1 is 0.792 bits per heavy atom. The second-order valence-corrected chi connectivity index (χ2v) is 12.0. The van der Waals surface area contributed by atoms with E-state index in [2.05, 4.69) is 0 Å². The summed E-state index contributed by atoms with van der Waals surface area (Å²) in [4.78, 5) is 11.4. The maximum atomic E-state index is 11.6. The first kappa shape index (κ1) is 36.0. The average molecular weight is 683 g/mol. The fourth-order valence-electron chi connectivity index (χ4n) is 6.06. The van der Waals surface area contributed by atoms with Crippen LogP contribution in [0.1, 0.15) is 47.8 Å². The first-order valence-electron chi connectivity index (χ1n) is 15.4. The fourth-order valence-corrected chi connectivity index (χ4v) is 6.06. The molecule has 2 aromatic rings. The Balaban J connectivity index is 1.57. The summed E-state index contributed by atoms with van der Waals surface area (Å²) >= 11 is 0. The van der Waals surface area contributed by atoms with E-state index in [1.807, 2.05) is 0 Å². The molecule has 0 aromatic heterocycles. The van der Waals surface area contributed by atoms with E-state index in [9.17, 15) is 45.6 Å². The minimum Gasteiger partial charge on any atom is -0.497 e. The van der Waals surface area contributed by atoms with Crippen LogP contribution in [0.4, 0.5) is 0 Å². The molecular weight excluding hydrogens is 640 g/mol. The summed E-state index contributed by atoms with van der Waals surface area (Å²) in [5.41, 5.74) is 1.35. The van der Waals surface area contributed by atoms with Gasteiger partial charge in [0.05, 0.1) is 25.4 Å². The van der Waals surface area contributed by atoms with Gasteiger partial charge in [-0.15, -0.1) is 0 Å². The molecule has 16 heteroatoms. The molecule has 2 saturated heterocycles. The third-order valence-electron chi connectivity index (χ3n) is 8.81. The maximum Gasteiger partial charge on any atom is 0.302 e. The van der Waals surface area contributed by atoms with E-state index in [1.165, 1.54) is 14.0 Å². The lowest BCUT2D eigenvalue weighted by molar-refractivity contribution is -0.279. The number of carbonyl (C=O) groups is 1. The fraction of sp³-hybridized carbons (Fsp3) is 0.594. The Bertz CT molecular complexity index is 1430. The number of fused-ring (bicyclic) bond motifs is 1. The topological polar surface area (TPSA) is 244 Å². The van der Waals surface area contributed by atoms with E-state index >= 15 is 0 Å². The summed E-state index contributed by atoms with van der Waals surface area (Å²) in [7, 11) is 1.53. The molecule has 0 amide bonds. The number of ether oxygens (including phenoxy) is 7. The Labute approximate surface area is 275 Å². The number of carbonyl (C=O) groups excluding carboxylic acids is 1. The first-order valence-corrected chi connectivity index (χ1v) is 15.4. The van der Waals surface area contributed by atoms with Crippen LogP contribution in [0.3, 0.4) is 0 Å². The van der Waals surface area contributed by atoms with E-state index in [0.29, 0.717) is 16.9 Å². The monoisotopic (exact) mass is 682 g/mol. The van der Waals surface area contributed by atoms with Crippen molar-refractivity contribution in [3.63, 3.8) is 0 Å². The smallest absolute Gasteiger partial charge is 0.302 e. The Kier molecular flexibility index (Phi) is 11.0. The van der Waals surface area contributed by atoms with Crippen LogP contribution in [0.15, 0.2) is 24.3 Å². The van der Waals surface area contributed by atoms with Crippen LogP contribution in [0.5, 0.6) is 23.0 Å². The summed E-state index contributed by atoms with van der Waals surface area (Å²) in [6.07, 6.45) is -18.0. The van der Waals surface area contributed by atoms with Gasteiger partial charge in [0.2, 0.25) is 12.6 Å². The van der Waals surface area contributed by atoms with Crippen molar-refractivity contribution in [2.45, 2.75) is 101 Å². The van der Waals surface area contributed by atoms with Crippen molar-refractivity contribution in [3.8, 4) is 23.0 Å². The van der Waals surface area contributed by atoms with Crippen molar-refractivity contribution < 1.29 is 78.8 Å². The molecule has 48 heavy (non-hydrogen) atoms. The van der Waals surface area contributed by atoms with Crippen molar-refractivity contribution in [2.75, 3.05) is 20.3 Å². The highest BCUT2D eigenvalue weighted by atomic mass is 16.7. The molecule has 3 heterocycles. The zero-order valence-electron chi connectivity index (χ0n) is 26.7. The highest BCUT2D eigenvalue weighted by Crippen LogP contribution is 2.53. The van der Waals surface area contributed by atoms with Crippen molar-refractivity contribution in [3.05, 3.63) is 46.5 Å². The van der Waals surface area contributed by atoms with Gasteiger partial charge in [-0.1, -0.05) is 12.1 Å². The van der Waals surface area contributed by atoms with Crippen LogP contribution in [-0.2, 0) is 19.0 Å². The van der Waals surface area contributed by atoms with Gasteiger partial charge in [-0.3, -0.25) is 4.79 Å². The number of esters is 1. The number of hydrogen-bond donors (Lipinski definition) is 8. The van der Waals surface area contributed by atoms with Crippen LogP contribution in [0, 0.1) is 13.8 Å². The second-order valence-electron chi connectivity index (χ2n) is 12.0. The van der Waals surface area contributed by atoms with Gasteiger partial charge in [0.25, 0.3) is 0 Å². The molecular formula is C32H42O16. The van der Waals surface area contributed by atoms with Crippen LogP contribution in [0.2, 0.25) is 0 Å². The normalized spacial score (nSPS) is 34.8. The number of aliphatic hydroxyl groups is 8. The molecule has 2 fully saturated rings. The standard InChI is InChI=1S/C32H42O16/c1-12-28(47-31-26(40)24(38)22(36)19(10-33)45-31)13(2)30(48-32-27(41)25(39)23(37)20(46-32)11-43-14(3)34)21-17(35)9-18(44-29(12)21)15-5-7-16(42-4)8-6-15/h5-8,17-20,22-27,31-33,35-41H,9-11H2,1-4H3. The predicted molar refractivity (Wildman–Crippen MR) is 160 cm³/mol. The summed E-state index contributed by atoms with van der Waals surface area (Å²) in [5.74, 6) is -0.0579. The summed E-state index contributed by atoms with van der Waals surface area (Å²) in [5, 5.41) is 84.5. The molecule has 8 N–H and O–H groups in total. The van der Waals surface area contributed by atoms with E-state index in [4.69, 9.17) is 33.2 Å². The number of methoxy groups -OCH3 is 1. The highest BCUT2D eigenvalue weighted by molar-refractivity contribution is 5.66. The maximum absolute atomic E-state index is 11.6. The minimum absolute atomic E-state index is 0.00185. The first-order chi connectivity index (χ1) is 22.8. The zero-order valence-corrected chi connectivity index (χ0v) is 26.7. The van der Waals surface area contributed by atoms with Gasteiger partial charge in [-0.05, 0) is 31.5 Å². The zero-order chi connectivity index (χ0) is 35.0. The number of aliphatic hydroxyl groups excluding tert-OH is 8. The molecule has 16 nitrogen and oxygen atoms in total. The Morgan fingerprint density at radius 2 is 1.35 bits per heavy atom. The van der Waals surface area contributed by atoms with Crippen LogP contribution < -0.4 is 18.9 Å². The summed E-state index contributed by atoms with van der Waals surface area (Å²) in [6.45, 7) is 3.12. The van der Waals surface area contributed by atoms with Gasteiger partial charge in [0.15, 0.2) is 0 Å².